The third-order valence-corrected chi connectivity index (χ3v) is 3.04. The Morgan fingerprint density at radius 1 is 1.06 bits per heavy atom. The van der Waals surface area contributed by atoms with Crippen molar-refractivity contribution in [1.29, 1.82) is 0 Å². The second-order valence-electron chi connectivity index (χ2n) is 3.99. The molecule has 0 spiro atoms. The fraction of sp³-hybridized carbons (Fsp3) is 0.143. The highest BCUT2D eigenvalue weighted by molar-refractivity contribution is 6.35. The summed E-state index contributed by atoms with van der Waals surface area (Å²) in [5.41, 5.74) is 2.68. The first kappa shape index (κ1) is 13.3. The highest BCUT2D eigenvalue weighted by atomic mass is 35.5. The molecular weight excluding hydrogens is 272 g/mol. The summed E-state index contributed by atoms with van der Waals surface area (Å²) < 4.78 is 13.3. The Bertz CT molecular complexity index is 549. The molecule has 0 amide bonds. The highest BCUT2D eigenvalue weighted by Crippen LogP contribution is 2.30. The zero-order valence-corrected chi connectivity index (χ0v) is 11.3. The normalized spacial score (nSPS) is 10.7. The van der Waals surface area contributed by atoms with E-state index < -0.39 is 0 Å². The molecule has 2 rings (SSSR count). The summed E-state index contributed by atoms with van der Waals surface area (Å²) in [6.07, 6.45) is 0. The third-order valence-electron chi connectivity index (χ3n) is 2.61. The fourth-order valence-electron chi connectivity index (χ4n) is 1.89. The maximum atomic E-state index is 13.3. The minimum Gasteiger partial charge on any atom is -0.316 e. The van der Waals surface area contributed by atoms with Crippen LogP contribution in [0.15, 0.2) is 36.4 Å². The molecule has 0 aliphatic heterocycles. The van der Waals surface area contributed by atoms with Crippen molar-refractivity contribution in [2.75, 3.05) is 7.05 Å². The van der Waals surface area contributed by atoms with Gasteiger partial charge < -0.3 is 5.32 Å². The Kier molecular flexibility index (Phi) is 4.23. The van der Waals surface area contributed by atoms with Crippen LogP contribution in [0, 0.1) is 5.82 Å². The van der Waals surface area contributed by atoms with Crippen LogP contribution < -0.4 is 5.32 Å². The number of halogens is 3. The molecule has 0 aliphatic rings. The average Bonchev–Trinajstić information content (AvgIpc) is 2.28. The van der Waals surface area contributed by atoms with Gasteiger partial charge in [-0.3, -0.25) is 0 Å². The van der Waals surface area contributed by atoms with E-state index in [0.717, 1.165) is 16.7 Å². The summed E-state index contributed by atoms with van der Waals surface area (Å²) in [5, 5.41) is 4.15. The zero-order valence-electron chi connectivity index (χ0n) is 9.81. The van der Waals surface area contributed by atoms with Crippen LogP contribution in [0.25, 0.3) is 11.1 Å². The van der Waals surface area contributed by atoms with Crippen molar-refractivity contribution in [1.82, 2.24) is 5.32 Å². The van der Waals surface area contributed by atoms with E-state index in [4.69, 9.17) is 23.2 Å². The lowest BCUT2D eigenvalue weighted by molar-refractivity contribution is 0.624. The van der Waals surface area contributed by atoms with Crippen molar-refractivity contribution in [3.05, 3.63) is 57.8 Å². The first-order valence-electron chi connectivity index (χ1n) is 5.49. The zero-order chi connectivity index (χ0) is 13.1. The van der Waals surface area contributed by atoms with E-state index in [1.54, 1.807) is 12.1 Å². The Hall–Kier alpha value is -1.09. The molecule has 0 heterocycles. The Balaban J connectivity index is 2.55. The minimum absolute atomic E-state index is 0.253. The van der Waals surface area contributed by atoms with Crippen LogP contribution in [-0.4, -0.2) is 7.05 Å². The number of hydrogen-bond donors (Lipinski definition) is 1. The second kappa shape index (κ2) is 5.70. The van der Waals surface area contributed by atoms with Gasteiger partial charge in [-0.2, -0.15) is 0 Å². The number of hydrogen-bond acceptors (Lipinski definition) is 1. The Morgan fingerprint density at radius 2 is 1.72 bits per heavy atom. The first-order valence-corrected chi connectivity index (χ1v) is 6.25. The molecule has 0 atom stereocenters. The van der Waals surface area contributed by atoms with E-state index in [2.05, 4.69) is 5.32 Å². The molecule has 94 valence electrons. The van der Waals surface area contributed by atoms with Crippen molar-refractivity contribution >= 4 is 23.2 Å². The number of rotatable bonds is 3. The maximum absolute atomic E-state index is 13.3. The molecular formula is C14H12Cl2FN. The number of benzene rings is 2. The molecule has 0 bridgehead atoms. The summed E-state index contributed by atoms with van der Waals surface area (Å²) >= 11 is 12.0. The molecule has 0 saturated heterocycles. The predicted octanol–water partition coefficient (Wildman–Crippen LogP) is 4.52. The smallest absolute Gasteiger partial charge is 0.123 e. The predicted molar refractivity (Wildman–Crippen MR) is 74.6 cm³/mol. The largest absolute Gasteiger partial charge is 0.316 e. The van der Waals surface area contributed by atoms with E-state index in [1.165, 1.54) is 12.1 Å². The van der Waals surface area contributed by atoms with Crippen molar-refractivity contribution in [3.8, 4) is 11.1 Å². The van der Waals surface area contributed by atoms with Crippen LogP contribution in [0.3, 0.4) is 0 Å². The quantitative estimate of drug-likeness (QED) is 0.873. The molecule has 1 nitrogen and oxygen atoms in total. The SMILES string of the molecule is CNCc1cc(F)ccc1-c1cc(Cl)cc(Cl)c1. The second-order valence-corrected chi connectivity index (χ2v) is 4.86. The van der Waals surface area contributed by atoms with Crippen molar-refractivity contribution < 1.29 is 4.39 Å². The van der Waals surface area contributed by atoms with E-state index in [1.807, 2.05) is 19.2 Å². The average molecular weight is 284 g/mol. The summed E-state index contributed by atoms with van der Waals surface area (Å²) in [7, 11) is 1.82. The summed E-state index contributed by atoms with van der Waals surface area (Å²) in [6.45, 7) is 0.581. The molecule has 0 aromatic heterocycles. The summed E-state index contributed by atoms with van der Waals surface area (Å²) in [4.78, 5) is 0. The van der Waals surface area contributed by atoms with Gasteiger partial charge in [-0.05, 0) is 54.1 Å². The van der Waals surface area contributed by atoms with Crippen LogP contribution in [-0.2, 0) is 6.54 Å². The fourth-order valence-corrected chi connectivity index (χ4v) is 2.42. The van der Waals surface area contributed by atoms with E-state index in [9.17, 15) is 4.39 Å². The van der Waals surface area contributed by atoms with Gasteiger partial charge in [0.2, 0.25) is 0 Å². The molecule has 18 heavy (non-hydrogen) atoms. The minimum atomic E-state index is -0.253. The van der Waals surface area contributed by atoms with Gasteiger partial charge in [-0.25, -0.2) is 4.39 Å². The van der Waals surface area contributed by atoms with E-state index >= 15 is 0 Å². The molecule has 0 fully saturated rings. The molecule has 0 unspecified atom stereocenters. The lowest BCUT2D eigenvalue weighted by Gasteiger charge is -2.10. The molecule has 2 aromatic carbocycles. The van der Waals surface area contributed by atoms with Gasteiger partial charge in [0.25, 0.3) is 0 Å². The molecule has 0 saturated carbocycles. The summed E-state index contributed by atoms with van der Waals surface area (Å²) in [6, 6.07) is 10.0. The van der Waals surface area contributed by atoms with Crippen LogP contribution in [0.1, 0.15) is 5.56 Å². The van der Waals surface area contributed by atoms with Crippen LogP contribution >= 0.6 is 23.2 Å². The van der Waals surface area contributed by atoms with Gasteiger partial charge in [-0.1, -0.05) is 29.3 Å². The van der Waals surface area contributed by atoms with Gasteiger partial charge in [0.1, 0.15) is 5.82 Å². The van der Waals surface area contributed by atoms with Gasteiger partial charge in [0, 0.05) is 16.6 Å². The van der Waals surface area contributed by atoms with Crippen LogP contribution in [0.4, 0.5) is 4.39 Å². The van der Waals surface area contributed by atoms with Gasteiger partial charge in [0.15, 0.2) is 0 Å². The van der Waals surface area contributed by atoms with Gasteiger partial charge in [0.05, 0.1) is 0 Å². The molecule has 0 radical (unpaired) electrons. The Morgan fingerprint density at radius 3 is 2.33 bits per heavy atom. The lowest BCUT2D eigenvalue weighted by Crippen LogP contribution is -2.06. The standard InChI is InChI=1S/C14H12Cl2FN/c1-18-8-10-6-13(17)2-3-14(10)9-4-11(15)7-12(16)5-9/h2-7,18H,8H2,1H3. The summed E-state index contributed by atoms with van der Waals surface area (Å²) in [5.74, 6) is -0.253. The molecule has 2 aromatic rings. The molecule has 0 aliphatic carbocycles. The van der Waals surface area contributed by atoms with Crippen molar-refractivity contribution in [3.63, 3.8) is 0 Å². The monoisotopic (exact) mass is 283 g/mol. The number of nitrogens with one attached hydrogen (secondary N) is 1. The van der Waals surface area contributed by atoms with Crippen molar-refractivity contribution in [2.24, 2.45) is 0 Å². The topological polar surface area (TPSA) is 12.0 Å². The lowest BCUT2D eigenvalue weighted by atomic mass is 9.99. The molecule has 4 heteroatoms. The van der Waals surface area contributed by atoms with Gasteiger partial charge in [-0.15, -0.1) is 0 Å². The van der Waals surface area contributed by atoms with E-state index in [-0.39, 0.29) is 5.82 Å². The van der Waals surface area contributed by atoms with Crippen LogP contribution in [0.2, 0.25) is 10.0 Å². The highest BCUT2D eigenvalue weighted by Gasteiger charge is 2.08. The Labute approximate surface area is 116 Å². The third kappa shape index (κ3) is 3.02. The van der Waals surface area contributed by atoms with E-state index in [0.29, 0.717) is 16.6 Å². The maximum Gasteiger partial charge on any atom is 0.123 e. The van der Waals surface area contributed by atoms with Crippen molar-refractivity contribution in [2.45, 2.75) is 6.54 Å². The van der Waals surface area contributed by atoms with Gasteiger partial charge >= 0.3 is 0 Å². The molecule has 1 N–H and O–H groups in total. The first-order chi connectivity index (χ1) is 8.60. The van der Waals surface area contributed by atoms with Crippen LogP contribution in [0.5, 0.6) is 0 Å².